The van der Waals surface area contributed by atoms with Gasteiger partial charge in [-0.05, 0) is 25.8 Å². The van der Waals surface area contributed by atoms with E-state index < -0.39 is 0 Å². The lowest BCUT2D eigenvalue weighted by Crippen LogP contribution is -2.35. The predicted octanol–water partition coefficient (Wildman–Crippen LogP) is 2.44. The number of nitrogens with one attached hydrogen (secondary N) is 1. The molecular formula is C12H25NO. The third-order valence-corrected chi connectivity index (χ3v) is 3.61. The van der Waals surface area contributed by atoms with E-state index in [0.29, 0.717) is 5.41 Å². The molecule has 1 fully saturated rings. The van der Waals surface area contributed by atoms with Gasteiger partial charge in [0.25, 0.3) is 0 Å². The quantitative estimate of drug-likeness (QED) is 0.709. The molecule has 1 rings (SSSR count). The Morgan fingerprint density at radius 2 is 2.07 bits per heavy atom. The average molecular weight is 199 g/mol. The van der Waals surface area contributed by atoms with E-state index in [4.69, 9.17) is 4.74 Å². The summed E-state index contributed by atoms with van der Waals surface area (Å²) in [5.74, 6) is 0.880. The highest BCUT2D eigenvalue weighted by Gasteiger charge is 2.35. The van der Waals surface area contributed by atoms with E-state index in [0.717, 1.165) is 25.7 Å². The molecule has 1 atom stereocenters. The standard InChI is InChI=1S/C12H25NO/c1-4-11(5-2)8-12(9-13-3)6-7-14-10-12/h11,13H,4-10H2,1-3H3. The van der Waals surface area contributed by atoms with Gasteiger partial charge in [-0.1, -0.05) is 26.7 Å². The van der Waals surface area contributed by atoms with E-state index >= 15 is 0 Å². The summed E-state index contributed by atoms with van der Waals surface area (Å²) in [4.78, 5) is 0. The van der Waals surface area contributed by atoms with Gasteiger partial charge in [0.2, 0.25) is 0 Å². The van der Waals surface area contributed by atoms with Crippen LogP contribution in [0.5, 0.6) is 0 Å². The molecule has 1 aliphatic heterocycles. The van der Waals surface area contributed by atoms with Crippen molar-refractivity contribution in [3.63, 3.8) is 0 Å². The molecule has 14 heavy (non-hydrogen) atoms. The molecule has 0 spiro atoms. The number of hydrogen-bond acceptors (Lipinski definition) is 2. The molecule has 0 aliphatic carbocycles. The summed E-state index contributed by atoms with van der Waals surface area (Å²) in [6.45, 7) is 7.64. The summed E-state index contributed by atoms with van der Waals surface area (Å²) in [6, 6.07) is 0. The molecule has 2 heteroatoms. The summed E-state index contributed by atoms with van der Waals surface area (Å²) in [7, 11) is 2.05. The fraction of sp³-hybridized carbons (Fsp3) is 1.00. The van der Waals surface area contributed by atoms with Crippen LogP contribution in [0.1, 0.15) is 39.5 Å². The van der Waals surface area contributed by atoms with E-state index in [1.807, 2.05) is 7.05 Å². The maximum atomic E-state index is 5.56. The van der Waals surface area contributed by atoms with Gasteiger partial charge < -0.3 is 10.1 Å². The molecule has 0 radical (unpaired) electrons. The summed E-state index contributed by atoms with van der Waals surface area (Å²) < 4.78 is 5.56. The van der Waals surface area contributed by atoms with Gasteiger partial charge in [-0.3, -0.25) is 0 Å². The van der Waals surface area contributed by atoms with Crippen molar-refractivity contribution in [3.8, 4) is 0 Å². The van der Waals surface area contributed by atoms with Crippen LogP contribution in [0.4, 0.5) is 0 Å². The number of ether oxygens (including phenoxy) is 1. The molecule has 1 heterocycles. The van der Waals surface area contributed by atoms with Gasteiger partial charge >= 0.3 is 0 Å². The molecule has 0 amide bonds. The second kappa shape index (κ2) is 5.72. The molecule has 1 unspecified atom stereocenters. The maximum absolute atomic E-state index is 5.56. The van der Waals surface area contributed by atoms with Crippen molar-refractivity contribution in [1.29, 1.82) is 0 Å². The molecule has 0 aromatic rings. The highest BCUT2D eigenvalue weighted by atomic mass is 16.5. The highest BCUT2D eigenvalue weighted by Crippen LogP contribution is 2.36. The van der Waals surface area contributed by atoms with Crippen LogP contribution in [-0.2, 0) is 4.74 Å². The molecule has 0 saturated carbocycles. The Morgan fingerprint density at radius 3 is 2.50 bits per heavy atom. The van der Waals surface area contributed by atoms with E-state index in [1.54, 1.807) is 0 Å². The minimum absolute atomic E-state index is 0.436. The molecule has 84 valence electrons. The molecule has 1 aliphatic rings. The third kappa shape index (κ3) is 2.96. The largest absolute Gasteiger partial charge is 0.381 e. The second-order valence-electron chi connectivity index (χ2n) is 4.72. The Bertz CT molecular complexity index is 148. The van der Waals surface area contributed by atoms with Gasteiger partial charge in [-0.2, -0.15) is 0 Å². The van der Waals surface area contributed by atoms with Crippen molar-refractivity contribution >= 4 is 0 Å². The zero-order chi connectivity index (χ0) is 10.4. The zero-order valence-electron chi connectivity index (χ0n) is 9.94. The van der Waals surface area contributed by atoms with Crippen LogP contribution < -0.4 is 5.32 Å². The number of rotatable bonds is 6. The Labute approximate surface area is 88.4 Å². The van der Waals surface area contributed by atoms with Crippen molar-refractivity contribution in [3.05, 3.63) is 0 Å². The second-order valence-corrected chi connectivity index (χ2v) is 4.72. The monoisotopic (exact) mass is 199 g/mol. The topological polar surface area (TPSA) is 21.3 Å². The lowest BCUT2D eigenvalue weighted by molar-refractivity contribution is 0.130. The lowest BCUT2D eigenvalue weighted by Gasteiger charge is -2.30. The first-order chi connectivity index (χ1) is 6.76. The first-order valence-corrected chi connectivity index (χ1v) is 5.98. The van der Waals surface area contributed by atoms with E-state index in [9.17, 15) is 0 Å². The fourth-order valence-corrected chi connectivity index (χ4v) is 2.59. The van der Waals surface area contributed by atoms with Crippen LogP contribution in [0.2, 0.25) is 0 Å². The molecule has 1 N–H and O–H groups in total. The summed E-state index contributed by atoms with van der Waals surface area (Å²) >= 11 is 0. The minimum Gasteiger partial charge on any atom is -0.381 e. The normalized spacial score (nSPS) is 27.4. The van der Waals surface area contributed by atoms with Gasteiger partial charge in [0.1, 0.15) is 0 Å². The molecular weight excluding hydrogens is 174 g/mol. The van der Waals surface area contributed by atoms with Crippen molar-refractivity contribution in [2.45, 2.75) is 39.5 Å². The molecule has 0 bridgehead atoms. The molecule has 1 saturated heterocycles. The van der Waals surface area contributed by atoms with Crippen LogP contribution in [0, 0.1) is 11.3 Å². The van der Waals surface area contributed by atoms with Gasteiger partial charge in [0.15, 0.2) is 0 Å². The van der Waals surface area contributed by atoms with E-state index in [1.165, 1.54) is 25.7 Å². The third-order valence-electron chi connectivity index (χ3n) is 3.61. The van der Waals surface area contributed by atoms with Gasteiger partial charge in [-0.15, -0.1) is 0 Å². The summed E-state index contributed by atoms with van der Waals surface area (Å²) in [6.07, 6.45) is 5.19. The molecule has 0 aromatic heterocycles. The van der Waals surface area contributed by atoms with Crippen LogP contribution in [0.3, 0.4) is 0 Å². The lowest BCUT2D eigenvalue weighted by atomic mass is 9.77. The van der Waals surface area contributed by atoms with Crippen LogP contribution in [-0.4, -0.2) is 26.8 Å². The predicted molar refractivity (Wildman–Crippen MR) is 60.5 cm³/mol. The smallest absolute Gasteiger partial charge is 0.0535 e. The SMILES string of the molecule is CCC(CC)CC1(CNC)CCOC1. The maximum Gasteiger partial charge on any atom is 0.0535 e. The van der Waals surface area contributed by atoms with Crippen molar-refractivity contribution < 1.29 is 4.74 Å². The Balaban J connectivity index is 2.49. The van der Waals surface area contributed by atoms with E-state index in [-0.39, 0.29) is 0 Å². The molecule has 2 nitrogen and oxygen atoms in total. The van der Waals surface area contributed by atoms with Crippen LogP contribution >= 0.6 is 0 Å². The first-order valence-electron chi connectivity index (χ1n) is 5.98. The summed E-state index contributed by atoms with van der Waals surface area (Å²) in [5.41, 5.74) is 0.436. The van der Waals surface area contributed by atoms with Crippen LogP contribution in [0.25, 0.3) is 0 Å². The minimum atomic E-state index is 0.436. The van der Waals surface area contributed by atoms with Gasteiger partial charge in [0.05, 0.1) is 6.61 Å². The van der Waals surface area contributed by atoms with Crippen molar-refractivity contribution in [2.75, 3.05) is 26.8 Å². The highest BCUT2D eigenvalue weighted by molar-refractivity contribution is 4.86. The Kier molecular flexibility index (Phi) is 4.90. The van der Waals surface area contributed by atoms with E-state index in [2.05, 4.69) is 19.2 Å². The zero-order valence-corrected chi connectivity index (χ0v) is 9.94. The Morgan fingerprint density at radius 1 is 1.36 bits per heavy atom. The van der Waals surface area contributed by atoms with Gasteiger partial charge in [-0.25, -0.2) is 0 Å². The fourth-order valence-electron chi connectivity index (χ4n) is 2.59. The van der Waals surface area contributed by atoms with Gasteiger partial charge in [0, 0.05) is 18.6 Å². The first kappa shape index (κ1) is 12.0. The van der Waals surface area contributed by atoms with Crippen LogP contribution in [0.15, 0.2) is 0 Å². The number of hydrogen-bond donors (Lipinski definition) is 1. The average Bonchev–Trinajstić information content (AvgIpc) is 2.64. The molecule has 0 aromatic carbocycles. The van der Waals surface area contributed by atoms with Crippen molar-refractivity contribution in [1.82, 2.24) is 5.32 Å². The van der Waals surface area contributed by atoms with Crippen molar-refractivity contribution in [2.24, 2.45) is 11.3 Å². The Hall–Kier alpha value is -0.0800. The summed E-state index contributed by atoms with van der Waals surface area (Å²) in [5, 5.41) is 3.32.